The maximum absolute atomic E-state index is 4.07. The second kappa shape index (κ2) is 2.71. The first-order valence-corrected chi connectivity index (χ1v) is 3.04. The van der Waals surface area contributed by atoms with Crippen LogP contribution >= 0.6 is 0 Å². The fourth-order valence-electron chi connectivity index (χ4n) is 0.595. The quantitative estimate of drug-likeness (QED) is 0.421. The Bertz CT molecular complexity index is 181. The van der Waals surface area contributed by atoms with Crippen LogP contribution < -0.4 is 0 Å². The van der Waals surface area contributed by atoms with Crippen molar-refractivity contribution in [3.63, 3.8) is 0 Å². The molecule has 1 aliphatic heterocycles. The van der Waals surface area contributed by atoms with Gasteiger partial charge in [-0.15, -0.1) is 0 Å². The molecule has 0 N–H and O–H groups in total. The number of amidine groups is 1. The molecule has 0 saturated carbocycles. The Morgan fingerprint density at radius 3 is 3.22 bits per heavy atom. The molecule has 46 valence electrons. The van der Waals surface area contributed by atoms with Crippen molar-refractivity contribution in [3.8, 4) is 0 Å². The van der Waals surface area contributed by atoms with Crippen LogP contribution in [0.3, 0.4) is 0 Å². The first-order chi connectivity index (χ1) is 4.29. The fourth-order valence-corrected chi connectivity index (χ4v) is 0.595. The average molecular weight is 120 g/mol. The Balaban J connectivity index is 2.75. The molecule has 0 fully saturated rings. The minimum absolute atomic E-state index is 0.422. The van der Waals surface area contributed by atoms with Crippen LogP contribution in [0, 0.1) is 0 Å². The third kappa shape index (κ3) is 1.92. The molecule has 1 unspecified atom stereocenters. The summed E-state index contributed by atoms with van der Waals surface area (Å²) >= 11 is 0. The third-order valence-electron chi connectivity index (χ3n) is 1.15. The van der Waals surface area contributed by atoms with Gasteiger partial charge in [0.15, 0.2) is 0 Å². The third-order valence-corrected chi connectivity index (χ3v) is 1.15. The maximum atomic E-state index is 4.07. The molecule has 1 aliphatic rings. The van der Waals surface area contributed by atoms with Crippen molar-refractivity contribution in [2.45, 2.75) is 19.7 Å². The predicted molar refractivity (Wildman–Crippen MR) is 42.8 cm³/mol. The van der Waals surface area contributed by atoms with Gasteiger partial charge in [-0.1, -0.05) is 0 Å². The van der Waals surface area contributed by atoms with E-state index in [1.807, 2.05) is 20.1 Å². The van der Waals surface area contributed by atoms with Crippen LogP contribution in [0.5, 0.6) is 0 Å². The van der Waals surface area contributed by atoms with E-state index in [0.717, 1.165) is 5.84 Å². The van der Waals surface area contributed by atoms with E-state index < -0.39 is 0 Å². The molecular formula is C6H9BN2. The van der Waals surface area contributed by atoms with Gasteiger partial charge in [0.25, 0.3) is 0 Å². The zero-order valence-electron chi connectivity index (χ0n) is 5.70. The molecule has 3 heteroatoms. The standard InChI is InChI=1S/C6H9BN2/c1-5-3-8-6(2)9-4-7-5/h3-5H,1-2H3. The van der Waals surface area contributed by atoms with E-state index in [-0.39, 0.29) is 0 Å². The van der Waals surface area contributed by atoms with Gasteiger partial charge in [0.2, 0.25) is 0 Å². The van der Waals surface area contributed by atoms with Crippen LogP contribution in [0.15, 0.2) is 9.98 Å². The van der Waals surface area contributed by atoms with E-state index in [4.69, 9.17) is 0 Å². The summed E-state index contributed by atoms with van der Waals surface area (Å²) in [7, 11) is 0. The Labute approximate surface area is 55.6 Å². The van der Waals surface area contributed by atoms with Crippen molar-refractivity contribution in [2.24, 2.45) is 9.98 Å². The zero-order chi connectivity index (χ0) is 6.69. The molecule has 0 radical (unpaired) electrons. The topological polar surface area (TPSA) is 24.7 Å². The Morgan fingerprint density at radius 1 is 1.67 bits per heavy atom. The predicted octanol–water partition coefficient (Wildman–Crippen LogP) is 0.761. The number of aliphatic imine (C=N–C) groups is 2. The van der Waals surface area contributed by atoms with Crippen LogP contribution in [0.25, 0.3) is 0 Å². The molecule has 1 atom stereocenters. The molecule has 1 rings (SSSR count). The van der Waals surface area contributed by atoms with Gasteiger partial charge in [0.1, 0.15) is 0 Å². The fraction of sp³-hybridized carbons (Fsp3) is 0.500. The molecule has 9 heavy (non-hydrogen) atoms. The summed E-state index contributed by atoms with van der Waals surface area (Å²) in [6, 6.07) is 0. The zero-order valence-corrected chi connectivity index (χ0v) is 5.70. The molecule has 0 amide bonds. The van der Waals surface area contributed by atoms with Gasteiger partial charge in [-0.05, 0) is 0 Å². The monoisotopic (exact) mass is 120 g/mol. The van der Waals surface area contributed by atoms with E-state index in [1.54, 1.807) is 6.09 Å². The van der Waals surface area contributed by atoms with Gasteiger partial charge in [0, 0.05) is 0 Å². The van der Waals surface area contributed by atoms with Gasteiger partial charge in [-0.25, -0.2) is 0 Å². The minimum atomic E-state index is 0.422. The molecule has 0 aromatic heterocycles. The molecule has 0 spiro atoms. The number of nitrogens with zero attached hydrogens (tertiary/aromatic N) is 2. The second-order valence-electron chi connectivity index (χ2n) is 2.16. The normalized spacial score (nSPS) is 24.7. The first-order valence-electron chi connectivity index (χ1n) is 3.04. The van der Waals surface area contributed by atoms with Crippen molar-refractivity contribution in [1.29, 1.82) is 0 Å². The molecule has 0 bridgehead atoms. The van der Waals surface area contributed by atoms with Crippen LogP contribution in [0.1, 0.15) is 13.8 Å². The van der Waals surface area contributed by atoms with Gasteiger partial charge in [0.05, 0.1) is 0 Å². The van der Waals surface area contributed by atoms with Crippen LogP contribution in [-0.2, 0) is 0 Å². The summed E-state index contributed by atoms with van der Waals surface area (Å²) in [5, 5.41) is 0. The summed E-state index contributed by atoms with van der Waals surface area (Å²) in [4.78, 5) is 8.08. The van der Waals surface area contributed by atoms with Gasteiger partial charge in [-0.2, -0.15) is 0 Å². The van der Waals surface area contributed by atoms with Crippen molar-refractivity contribution in [3.05, 3.63) is 0 Å². The summed E-state index contributed by atoms with van der Waals surface area (Å²) in [5.74, 6) is 1.25. The molecule has 0 saturated heterocycles. The molecule has 0 aromatic rings. The summed E-state index contributed by atoms with van der Waals surface area (Å²) in [5.41, 5.74) is 0. The van der Waals surface area contributed by atoms with E-state index in [9.17, 15) is 0 Å². The molecule has 1 heterocycles. The van der Waals surface area contributed by atoms with E-state index in [0.29, 0.717) is 5.82 Å². The average Bonchev–Trinajstić information content (AvgIpc) is 1.97. The summed E-state index contributed by atoms with van der Waals surface area (Å²) in [6.07, 6.45) is 3.69. The molecule has 2 nitrogen and oxygen atoms in total. The molecular weight excluding hydrogens is 111 g/mol. The summed E-state index contributed by atoms with van der Waals surface area (Å²) < 4.78 is 0. The van der Waals surface area contributed by atoms with Gasteiger partial charge < -0.3 is 0 Å². The number of rotatable bonds is 0. The SMILES string of the molecule is CC1=NC=BC(C)C=N1. The molecule has 0 aromatic carbocycles. The van der Waals surface area contributed by atoms with E-state index in [2.05, 4.69) is 16.9 Å². The second-order valence-corrected chi connectivity index (χ2v) is 2.16. The van der Waals surface area contributed by atoms with Crippen molar-refractivity contribution in [2.75, 3.05) is 0 Å². The Morgan fingerprint density at radius 2 is 2.44 bits per heavy atom. The van der Waals surface area contributed by atoms with Crippen LogP contribution in [-0.4, -0.2) is 25.1 Å². The van der Waals surface area contributed by atoms with E-state index >= 15 is 0 Å². The van der Waals surface area contributed by atoms with E-state index in [1.165, 1.54) is 0 Å². The van der Waals surface area contributed by atoms with Crippen molar-refractivity contribution in [1.82, 2.24) is 0 Å². The number of hydrogen-bond acceptors (Lipinski definition) is 2. The van der Waals surface area contributed by atoms with Gasteiger partial charge >= 0.3 is 54.7 Å². The molecule has 0 aliphatic carbocycles. The first kappa shape index (κ1) is 6.40. The van der Waals surface area contributed by atoms with Crippen molar-refractivity contribution >= 4 is 25.1 Å². The van der Waals surface area contributed by atoms with Crippen molar-refractivity contribution < 1.29 is 0 Å². The van der Waals surface area contributed by atoms with Crippen LogP contribution in [0.4, 0.5) is 0 Å². The van der Waals surface area contributed by atoms with Crippen LogP contribution in [0.2, 0.25) is 5.82 Å². The Kier molecular flexibility index (Phi) is 1.93. The summed E-state index contributed by atoms with van der Waals surface area (Å²) in [6.45, 7) is 5.98. The Hall–Kier alpha value is -0.725. The van der Waals surface area contributed by atoms with Gasteiger partial charge in [-0.3, -0.25) is 0 Å². The number of hydrogen-bond donors (Lipinski definition) is 0.